The number of rotatable bonds is 14. The van der Waals surface area contributed by atoms with Crippen LogP contribution in [-0.2, 0) is 4.74 Å². The molecule has 12 aromatic rings. The molecule has 0 amide bonds. The number of phenolic OH excluding ortho intramolecular Hbond substituents is 1. The lowest BCUT2D eigenvalue weighted by atomic mass is 10.1. The maximum Gasteiger partial charge on any atom is 0.161 e. The Kier molecular flexibility index (Phi) is 18.6. The summed E-state index contributed by atoms with van der Waals surface area (Å²) in [5, 5.41) is 20.4. The zero-order valence-corrected chi connectivity index (χ0v) is 53.9. The van der Waals surface area contributed by atoms with Gasteiger partial charge in [-0.3, -0.25) is 33.0 Å². The van der Waals surface area contributed by atoms with E-state index in [0.717, 1.165) is 169 Å². The van der Waals surface area contributed by atoms with E-state index in [9.17, 15) is 5.11 Å². The molecule has 0 bridgehead atoms. The van der Waals surface area contributed by atoms with Crippen LogP contribution in [0.5, 0.6) is 5.75 Å². The molecule has 8 aromatic heterocycles. The Morgan fingerprint density at radius 3 is 1.30 bits per heavy atom. The van der Waals surface area contributed by atoms with Gasteiger partial charge in [0.05, 0.1) is 47.4 Å². The van der Waals surface area contributed by atoms with Gasteiger partial charge in [0.15, 0.2) is 16.9 Å². The summed E-state index contributed by atoms with van der Waals surface area (Å²) >= 11 is 0. The second-order valence-electron chi connectivity index (χ2n) is 24.6. The number of morpholine rings is 1. The van der Waals surface area contributed by atoms with Crippen molar-refractivity contribution in [3.8, 4) is 39.5 Å². The van der Waals surface area contributed by atoms with Crippen LogP contribution in [0.2, 0.25) is 0 Å². The van der Waals surface area contributed by atoms with Crippen LogP contribution in [0.4, 0.5) is 51.2 Å². The first-order chi connectivity index (χ1) is 45.5. The Morgan fingerprint density at radius 2 is 0.860 bits per heavy atom. The maximum atomic E-state index is 9.82. The van der Waals surface area contributed by atoms with E-state index in [1.54, 1.807) is 18.3 Å². The van der Waals surface area contributed by atoms with Crippen LogP contribution in [0.3, 0.4) is 0 Å². The monoisotopic (exact) mass is 1240 g/mol. The van der Waals surface area contributed by atoms with Gasteiger partial charge in [0.2, 0.25) is 0 Å². The van der Waals surface area contributed by atoms with Crippen LogP contribution in [0.1, 0.15) is 38.8 Å². The molecule has 15 rings (SSSR count). The summed E-state index contributed by atoms with van der Waals surface area (Å²) in [4.78, 5) is 34.8. The van der Waals surface area contributed by atoms with Gasteiger partial charge in [-0.05, 0) is 186 Å². The van der Waals surface area contributed by atoms with Crippen molar-refractivity contribution in [1.29, 1.82) is 0 Å². The molecule has 474 valence electrons. The van der Waals surface area contributed by atoms with Crippen LogP contribution in [0.25, 0.3) is 50.7 Å². The molecule has 0 spiro atoms. The summed E-state index contributed by atoms with van der Waals surface area (Å²) < 4.78 is 11.7. The van der Waals surface area contributed by atoms with Crippen LogP contribution < -0.4 is 30.7 Å². The second kappa shape index (κ2) is 28.1. The van der Waals surface area contributed by atoms with Gasteiger partial charge in [-0.2, -0.15) is 0 Å². The Bertz CT molecular complexity index is 4440. The van der Waals surface area contributed by atoms with Crippen molar-refractivity contribution in [1.82, 2.24) is 47.9 Å². The highest BCUT2D eigenvalue weighted by atomic mass is 16.5. The first kappa shape index (κ1) is 61.6. The fourth-order valence-electron chi connectivity index (χ4n) is 12.7. The van der Waals surface area contributed by atoms with Crippen LogP contribution in [0.15, 0.2) is 208 Å². The molecule has 4 N–H and O–H groups in total. The number of nitrogens with zero attached hydrogens (tertiary/aromatic N) is 13. The largest absolute Gasteiger partial charge is 0.508 e. The summed E-state index contributed by atoms with van der Waals surface area (Å²) in [6.07, 6.45) is 18.9. The van der Waals surface area contributed by atoms with Crippen molar-refractivity contribution in [3.63, 3.8) is 0 Å². The number of piperazine rings is 2. The summed E-state index contributed by atoms with van der Waals surface area (Å²) in [5.74, 6) is 0.248. The molecule has 4 aromatic carbocycles. The van der Waals surface area contributed by atoms with E-state index < -0.39 is 0 Å². The molecule has 18 nitrogen and oxygen atoms in total. The third-order valence-corrected chi connectivity index (χ3v) is 17.9. The highest BCUT2D eigenvalue weighted by Gasteiger charge is 2.22. The topological polar surface area (TPSA) is 159 Å². The van der Waals surface area contributed by atoms with Crippen molar-refractivity contribution in [3.05, 3.63) is 219 Å². The van der Waals surface area contributed by atoms with E-state index in [1.807, 2.05) is 90.5 Å². The van der Waals surface area contributed by atoms with Crippen molar-refractivity contribution < 1.29 is 9.84 Å². The van der Waals surface area contributed by atoms with E-state index in [2.05, 4.69) is 219 Å². The maximum absolute atomic E-state index is 9.82. The fourth-order valence-corrected chi connectivity index (χ4v) is 12.7. The summed E-state index contributed by atoms with van der Waals surface area (Å²) in [6, 6.07) is 51.1. The molecule has 3 saturated heterocycles. The number of aromatic hydroxyl groups is 1. The molecule has 3 aliphatic rings. The lowest BCUT2D eigenvalue weighted by Crippen LogP contribution is -2.48. The number of hydrogen-bond donors (Lipinski definition) is 4. The SMILES string of the molecule is Cc1ccncc1-c1ccc(Nc2ccc(N3CCN(C(C)C)CC3)cc2)c2nccn12.Cc1cncc(-c2ccc(Nc3ccc(N4CCN(C(C)C)CC4)cc3)c3nccn23)c1.Oc1cccc(-c2ccc(Nc3ccc(N4CCOCC4)cc3)c3nccn23)c1. The minimum atomic E-state index is 0.248. The van der Waals surface area contributed by atoms with E-state index in [4.69, 9.17) is 4.74 Å². The normalized spacial score (nSPS) is 14.7. The van der Waals surface area contributed by atoms with Gasteiger partial charge < -0.3 is 40.5 Å². The molecule has 93 heavy (non-hydrogen) atoms. The number of pyridine rings is 5. The number of benzene rings is 4. The molecular formula is C75H82N16O2. The first-order valence-electron chi connectivity index (χ1n) is 32.4. The number of phenols is 1. The minimum Gasteiger partial charge on any atom is -0.508 e. The Labute approximate surface area is 544 Å². The van der Waals surface area contributed by atoms with Gasteiger partial charge in [-0.25, -0.2) is 15.0 Å². The van der Waals surface area contributed by atoms with Crippen molar-refractivity contribution in [2.45, 2.75) is 53.6 Å². The Morgan fingerprint density at radius 1 is 0.419 bits per heavy atom. The highest BCUT2D eigenvalue weighted by Crippen LogP contribution is 2.34. The first-order valence-corrected chi connectivity index (χ1v) is 32.4. The molecule has 0 radical (unpaired) electrons. The number of imidazole rings is 3. The van der Waals surface area contributed by atoms with E-state index in [0.29, 0.717) is 12.1 Å². The molecule has 3 fully saturated rings. The number of fused-ring (bicyclic) bond motifs is 3. The van der Waals surface area contributed by atoms with Crippen molar-refractivity contribution >= 4 is 68.1 Å². The number of ether oxygens (including phenoxy) is 1. The zero-order chi connectivity index (χ0) is 63.8. The van der Waals surface area contributed by atoms with E-state index in [1.165, 1.54) is 22.6 Å². The number of hydrogen-bond acceptors (Lipinski definition) is 15. The van der Waals surface area contributed by atoms with Gasteiger partial charge in [-0.1, -0.05) is 12.1 Å². The third kappa shape index (κ3) is 14.1. The zero-order valence-electron chi connectivity index (χ0n) is 53.9. The molecule has 3 aliphatic heterocycles. The number of aromatic nitrogens is 8. The Hall–Kier alpha value is -10.3. The number of aryl methyl sites for hydroxylation is 2. The van der Waals surface area contributed by atoms with Crippen molar-refractivity contribution in [2.24, 2.45) is 0 Å². The predicted molar refractivity (Wildman–Crippen MR) is 379 cm³/mol. The minimum absolute atomic E-state index is 0.248. The summed E-state index contributed by atoms with van der Waals surface area (Å²) in [5.41, 5.74) is 21.1. The highest BCUT2D eigenvalue weighted by molar-refractivity contribution is 5.82. The average Bonchev–Trinajstić information content (AvgIpc) is 1.82. The molecule has 0 saturated carbocycles. The molecule has 18 heteroatoms. The average molecular weight is 1240 g/mol. The molecule has 0 atom stereocenters. The molecule has 0 aliphatic carbocycles. The van der Waals surface area contributed by atoms with Gasteiger partial charge in [0, 0.05) is 190 Å². The van der Waals surface area contributed by atoms with E-state index in [-0.39, 0.29) is 5.75 Å². The quantitative estimate of drug-likeness (QED) is 0.0814. The van der Waals surface area contributed by atoms with Gasteiger partial charge >= 0.3 is 0 Å². The second-order valence-corrected chi connectivity index (χ2v) is 24.6. The lowest BCUT2D eigenvalue weighted by Gasteiger charge is -2.38. The van der Waals surface area contributed by atoms with Crippen LogP contribution in [0, 0.1) is 13.8 Å². The van der Waals surface area contributed by atoms with Crippen molar-refractivity contribution in [2.75, 3.05) is 109 Å². The van der Waals surface area contributed by atoms with Gasteiger partial charge in [0.1, 0.15) is 5.75 Å². The molecule has 0 unspecified atom stereocenters. The van der Waals surface area contributed by atoms with Crippen LogP contribution in [-0.4, -0.2) is 144 Å². The molecular weight excluding hydrogens is 1160 g/mol. The number of anilines is 9. The smallest absolute Gasteiger partial charge is 0.161 e. The van der Waals surface area contributed by atoms with Gasteiger partial charge in [0.25, 0.3) is 0 Å². The van der Waals surface area contributed by atoms with Crippen LogP contribution >= 0.6 is 0 Å². The van der Waals surface area contributed by atoms with Gasteiger partial charge in [-0.15, -0.1) is 0 Å². The Balaban J connectivity index is 0.000000127. The third-order valence-electron chi connectivity index (χ3n) is 17.9. The standard InChI is InChI=1S/2C26H30N6.C23H22N4O2/c1-19(2)30-12-14-31(15-13-30)23-6-4-22(5-7-23)29-24-8-9-25(32-11-10-28-26(24)32)21-16-20(3)17-27-18-21;1-19(2)30-14-16-31(17-15-30)22-6-4-21(5-7-22)29-24-8-9-25(32-13-12-28-26(24)32)23-18-27-11-10-20(23)3;28-20-3-1-2-17(16-20)22-9-8-21(23-24-10-11-27(22)23)25-18-4-6-19(7-5-18)26-12-14-29-15-13-26/h4-11,16-19,29H,12-15H2,1-3H3;4-13,18-19,29H,14-17H2,1-3H3;1-11,16,25,28H,12-15H2. The predicted octanol–water partition coefficient (Wildman–Crippen LogP) is 14.2. The van der Waals surface area contributed by atoms with E-state index >= 15 is 0 Å². The fraction of sp³-hybridized carbons (Fsp3) is 0.267. The summed E-state index contributed by atoms with van der Waals surface area (Å²) in [7, 11) is 0. The molecule has 11 heterocycles. The summed E-state index contributed by atoms with van der Waals surface area (Å²) in [6.45, 7) is 25.5. The lowest BCUT2D eigenvalue weighted by molar-refractivity contribution is 0.122. The number of nitrogens with one attached hydrogen (secondary N) is 3.